The highest BCUT2D eigenvalue weighted by molar-refractivity contribution is 5.62. The van der Waals surface area contributed by atoms with Crippen molar-refractivity contribution >= 4 is 11.5 Å². The lowest BCUT2D eigenvalue weighted by Gasteiger charge is -2.23. The number of methoxy groups -OCH3 is 1. The predicted octanol–water partition coefficient (Wildman–Crippen LogP) is 3.02. The van der Waals surface area contributed by atoms with E-state index in [-0.39, 0.29) is 17.6 Å². The number of hydrogen-bond acceptors (Lipinski definition) is 6. The van der Waals surface area contributed by atoms with E-state index >= 15 is 0 Å². The fourth-order valence-corrected chi connectivity index (χ4v) is 2.82. The SMILES string of the molecule is COc1nc(C2CC2)nc(NC2CCCCC2)c1[N+](=O)[O-]. The molecule has 1 aromatic heterocycles. The highest BCUT2D eigenvalue weighted by atomic mass is 16.6. The van der Waals surface area contributed by atoms with Crippen LogP contribution in [0, 0.1) is 10.1 Å². The first-order valence-electron chi connectivity index (χ1n) is 7.56. The molecule has 0 unspecified atom stereocenters. The van der Waals surface area contributed by atoms with Crippen molar-refractivity contribution in [3.8, 4) is 5.88 Å². The Morgan fingerprint density at radius 2 is 1.90 bits per heavy atom. The fraction of sp³-hybridized carbons (Fsp3) is 0.714. The van der Waals surface area contributed by atoms with E-state index in [1.165, 1.54) is 13.5 Å². The smallest absolute Gasteiger partial charge is 0.372 e. The number of nitrogens with zero attached hydrogens (tertiary/aromatic N) is 3. The Labute approximate surface area is 123 Å². The van der Waals surface area contributed by atoms with Crippen LogP contribution in [0.5, 0.6) is 5.88 Å². The van der Waals surface area contributed by atoms with E-state index in [4.69, 9.17) is 4.74 Å². The Kier molecular flexibility index (Phi) is 3.90. The first-order valence-corrected chi connectivity index (χ1v) is 7.56. The number of hydrogen-bond donors (Lipinski definition) is 1. The largest absolute Gasteiger partial charge is 0.476 e. The number of aromatic nitrogens is 2. The second-order valence-electron chi connectivity index (χ2n) is 5.80. The van der Waals surface area contributed by atoms with Crippen LogP contribution in [0.1, 0.15) is 56.7 Å². The zero-order valence-electron chi connectivity index (χ0n) is 12.2. The van der Waals surface area contributed by atoms with Crippen molar-refractivity contribution in [3.05, 3.63) is 15.9 Å². The van der Waals surface area contributed by atoms with Gasteiger partial charge in [-0.2, -0.15) is 4.98 Å². The zero-order valence-corrected chi connectivity index (χ0v) is 12.2. The van der Waals surface area contributed by atoms with Crippen molar-refractivity contribution < 1.29 is 9.66 Å². The third-order valence-electron chi connectivity index (χ3n) is 4.13. The van der Waals surface area contributed by atoms with E-state index in [0.717, 1.165) is 38.5 Å². The normalized spacial score (nSPS) is 19.3. The van der Waals surface area contributed by atoms with E-state index in [1.54, 1.807) is 0 Å². The Balaban J connectivity index is 1.93. The average Bonchev–Trinajstić information content (AvgIpc) is 3.31. The lowest BCUT2D eigenvalue weighted by molar-refractivity contribution is -0.385. The van der Waals surface area contributed by atoms with E-state index in [2.05, 4.69) is 15.3 Å². The molecule has 2 aliphatic rings. The molecule has 3 rings (SSSR count). The highest BCUT2D eigenvalue weighted by Crippen LogP contribution is 2.42. The molecule has 0 aliphatic heterocycles. The van der Waals surface area contributed by atoms with Gasteiger partial charge in [-0.05, 0) is 25.7 Å². The molecule has 7 heteroatoms. The first-order chi connectivity index (χ1) is 10.2. The van der Waals surface area contributed by atoms with Gasteiger partial charge in [0.25, 0.3) is 5.88 Å². The number of anilines is 1. The van der Waals surface area contributed by atoms with Crippen LogP contribution < -0.4 is 10.1 Å². The summed E-state index contributed by atoms with van der Waals surface area (Å²) >= 11 is 0. The Morgan fingerprint density at radius 3 is 2.48 bits per heavy atom. The van der Waals surface area contributed by atoms with E-state index in [9.17, 15) is 10.1 Å². The summed E-state index contributed by atoms with van der Waals surface area (Å²) in [6.07, 6.45) is 7.70. The third-order valence-corrected chi connectivity index (χ3v) is 4.13. The molecule has 0 saturated heterocycles. The zero-order chi connectivity index (χ0) is 14.8. The molecule has 1 heterocycles. The summed E-state index contributed by atoms with van der Waals surface area (Å²) < 4.78 is 5.12. The van der Waals surface area contributed by atoms with Crippen LogP contribution in [0.15, 0.2) is 0 Å². The first kappa shape index (κ1) is 14.0. The molecule has 2 saturated carbocycles. The van der Waals surface area contributed by atoms with Gasteiger partial charge in [0.2, 0.25) is 5.82 Å². The summed E-state index contributed by atoms with van der Waals surface area (Å²) in [5, 5.41) is 14.6. The number of nitro groups is 1. The molecule has 0 aromatic carbocycles. The van der Waals surface area contributed by atoms with Crippen LogP contribution >= 0.6 is 0 Å². The maximum Gasteiger partial charge on any atom is 0.372 e. The molecular formula is C14H20N4O3. The molecular weight excluding hydrogens is 272 g/mol. The lowest BCUT2D eigenvalue weighted by atomic mass is 9.95. The Bertz CT molecular complexity index is 539. The topological polar surface area (TPSA) is 90.2 Å². The van der Waals surface area contributed by atoms with Crippen LogP contribution in [-0.2, 0) is 0 Å². The molecule has 0 amide bonds. The molecule has 21 heavy (non-hydrogen) atoms. The van der Waals surface area contributed by atoms with Gasteiger partial charge in [-0.15, -0.1) is 0 Å². The second-order valence-corrected chi connectivity index (χ2v) is 5.80. The van der Waals surface area contributed by atoms with Crippen molar-refractivity contribution in [2.75, 3.05) is 12.4 Å². The van der Waals surface area contributed by atoms with Crippen molar-refractivity contribution in [2.45, 2.75) is 56.9 Å². The van der Waals surface area contributed by atoms with E-state index in [1.807, 2.05) is 0 Å². The number of nitrogens with one attached hydrogen (secondary N) is 1. The van der Waals surface area contributed by atoms with Gasteiger partial charge in [-0.1, -0.05) is 19.3 Å². The maximum absolute atomic E-state index is 11.3. The monoisotopic (exact) mass is 292 g/mol. The molecule has 0 spiro atoms. The van der Waals surface area contributed by atoms with Gasteiger partial charge < -0.3 is 10.1 Å². The second kappa shape index (κ2) is 5.83. The van der Waals surface area contributed by atoms with Crippen molar-refractivity contribution in [1.82, 2.24) is 9.97 Å². The summed E-state index contributed by atoms with van der Waals surface area (Å²) in [6, 6.07) is 0.254. The van der Waals surface area contributed by atoms with Gasteiger partial charge >= 0.3 is 5.69 Å². The molecule has 114 valence electrons. The van der Waals surface area contributed by atoms with Crippen molar-refractivity contribution in [1.29, 1.82) is 0 Å². The van der Waals surface area contributed by atoms with Crippen LogP contribution in [0.25, 0.3) is 0 Å². The number of ether oxygens (including phenoxy) is 1. The third kappa shape index (κ3) is 3.06. The van der Waals surface area contributed by atoms with Crippen LogP contribution in [0.4, 0.5) is 11.5 Å². The van der Waals surface area contributed by atoms with Crippen LogP contribution in [0.3, 0.4) is 0 Å². The van der Waals surface area contributed by atoms with Gasteiger partial charge in [0.15, 0.2) is 0 Å². The molecule has 0 bridgehead atoms. The van der Waals surface area contributed by atoms with Crippen molar-refractivity contribution in [2.24, 2.45) is 0 Å². The Hall–Kier alpha value is -1.92. The molecule has 0 radical (unpaired) electrons. The summed E-state index contributed by atoms with van der Waals surface area (Å²) in [4.78, 5) is 19.5. The standard InChI is InChI=1S/C14H20N4O3/c1-21-14-11(18(19)20)13(15-10-5-3-2-4-6-10)16-12(17-14)9-7-8-9/h9-10H,2-8H2,1H3,(H,15,16,17). The van der Waals surface area contributed by atoms with E-state index < -0.39 is 4.92 Å². The Morgan fingerprint density at radius 1 is 1.19 bits per heavy atom. The molecule has 7 nitrogen and oxygen atoms in total. The quantitative estimate of drug-likeness (QED) is 0.662. The summed E-state index contributed by atoms with van der Waals surface area (Å²) in [5.74, 6) is 1.37. The molecule has 1 N–H and O–H groups in total. The van der Waals surface area contributed by atoms with Crippen molar-refractivity contribution in [3.63, 3.8) is 0 Å². The van der Waals surface area contributed by atoms with Crippen LogP contribution in [0.2, 0.25) is 0 Å². The fourth-order valence-electron chi connectivity index (χ4n) is 2.82. The lowest BCUT2D eigenvalue weighted by Crippen LogP contribution is -2.24. The maximum atomic E-state index is 11.3. The van der Waals surface area contributed by atoms with E-state index in [0.29, 0.717) is 17.6 Å². The molecule has 2 fully saturated rings. The van der Waals surface area contributed by atoms with Crippen LogP contribution in [-0.4, -0.2) is 28.0 Å². The average molecular weight is 292 g/mol. The van der Waals surface area contributed by atoms with Gasteiger partial charge in [-0.3, -0.25) is 10.1 Å². The van der Waals surface area contributed by atoms with Gasteiger partial charge in [-0.25, -0.2) is 4.98 Å². The van der Waals surface area contributed by atoms with Gasteiger partial charge in [0.1, 0.15) is 5.82 Å². The summed E-state index contributed by atoms with van der Waals surface area (Å²) in [5.41, 5.74) is -0.146. The predicted molar refractivity (Wildman–Crippen MR) is 77.7 cm³/mol. The highest BCUT2D eigenvalue weighted by Gasteiger charge is 2.33. The summed E-state index contributed by atoms with van der Waals surface area (Å²) in [6.45, 7) is 0. The molecule has 1 aromatic rings. The minimum Gasteiger partial charge on any atom is -0.476 e. The molecule has 2 aliphatic carbocycles. The minimum absolute atomic E-state index is 0.0650. The number of rotatable bonds is 5. The van der Waals surface area contributed by atoms with Gasteiger partial charge in [0, 0.05) is 12.0 Å². The summed E-state index contributed by atoms with van der Waals surface area (Å²) in [7, 11) is 1.41. The van der Waals surface area contributed by atoms with Gasteiger partial charge in [0.05, 0.1) is 12.0 Å². The minimum atomic E-state index is -0.458. The molecule has 0 atom stereocenters.